The van der Waals surface area contributed by atoms with Gasteiger partial charge in [-0.05, 0) is 38.0 Å². The molecule has 94 valence electrons. The zero-order valence-electron chi connectivity index (χ0n) is 11.1. The lowest BCUT2D eigenvalue weighted by Crippen LogP contribution is -2.23. The molecule has 0 saturated heterocycles. The maximum atomic E-state index is 4.54. The average Bonchev–Trinajstić information content (AvgIpc) is 2.40. The van der Waals surface area contributed by atoms with Crippen LogP contribution < -0.4 is 4.90 Å². The molecular formula is C14H18N4. The van der Waals surface area contributed by atoms with Crippen LogP contribution >= 0.6 is 0 Å². The standard InChI is InChI=1S/C14H18N4/c1-11-10-16-12(2)14(17-11)18(3)9-6-13-4-7-15-8-5-13/h4-5,7-8,10H,6,9H2,1-3H3. The molecule has 0 unspecified atom stereocenters. The third kappa shape index (κ3) is 3.03. The van der Waals surface area contributed by atoms with E-state index in [9.17, 15) is 0 Å². The van der Waals surface area contributed by atoms with Gasteiger partial charge in [0.05, 0.1) is 11.4 Å². The first-order valence-corrected chi connectivity index (χ1v) is 6.07. The Hall–Kier alpha value is -1.97. The minimum Gasteiger partial charge on any atom is -0.358 e. The van der Waals surface area contributed by atoms with Gasteiger partial charge >= 0.3 is 0 Å². The molecule has 4 heteroatoms. The highest BCUT2D eigenvalue weighted by Crippen LogP contribution is 2.14. The molecule has 0 radical (unpaired) electrons. The summed E-state index contributed by atoms with van der Waals surface area (Å²) < 4.78 is 0. The molecule has 0 aliphatic carbocycles. The van der Waals surface area contributed by atoms with E-state index in [2.05, 4.69) is 26.9 Å². The van der Waals surface area contributed by atoms with Crippen molar-refractivity contribution >= 4 is 5.82 Å². The molecule has 2 aromatic rings. The lowest BCUT2D eigenvalue weighted by Gasteiger charge is -2.19. The first kappa shape index (κ1) is 12.5. The maximum Gasteiger partial charge on any atom is 0.150 e. The predicted molar refractivity (Wildman–Crippen MR) is 72.7 cm³/mol. The molecule has 2 rings (SSSR count). The van der Waals surface area contributed by atoms with Crippen LogP contribution in [0.3, 0.4) is 0 Å². The van der Waals surface area contributed by atoms with Crippen LogP contribution in [0.2, 0.25) is 0 Å². The van der Waals surface area contributed by atoms with Gasteiger partial charge < -0.3 is 4.90 Å². The third-order valence-corrected chi connectivity index (χ3v) is 2.90. The lowest BCUT2D eigenvalue weighted by molar-refractivity contribution is 0.840. The van der Waals surface area contributed by atoms with E-state index in [1.54, 1.807) is 6.20 Å². The Morgan fingerprint density at radius 1 is 1.17 bits per heavy atom. The Balaban J connectivity index is 2.03. The molecule has 0 aliphatic heterocycles. The summed E-state index contributed by atoms with van der Waals surface area (Å²) in [6, 6.07) is 4.09. The number of anilines is 1. The fraction of sp³-hybridized carbons (Fsp3) is 0.357. The summed E-state index contributed by atoms with van der Waals surface area (Å²) in [6.07, 6.45) is 6.43. The van der Waals surface area contributed by atoms with Gasteiger partial charge in [-0.3, -0.25) is 9.97 Å². The summed E-state index contributed by atoms with van der Waals surface area (Å²) in [5.74, 6) is 0.962. The van der Waals surface area contributed by atoms with Crippen molar-refractivity contribution in [1.82, 2.24) is 15.0 Å². The Bertz CT molecular complexity index is 510. The fourth-order valence-corrected chi connectivity index (χ4v) is 1.84. The highest BCUT2D eigenvalue weighted by molar-refractivity contribution is 5.42. The van der Waals surface area contributed by atoms with Gasteiger partial charge in [0.1, 0.15) is 5.82 Å². The maximum absolute atomic E-state index is 4.54. The Labute approximate surface area is 108 Å². The van der Waals surface area contributed by atoms with E-state index in [0.29, 0.717) is 0 Å². The summed E-state index contributed by atoms with van der Waals surface area (Å²) in [6.45, 7) is 4.88. The van der Waals surface area contributed by atoms with Crippen LogP contribution in [0.15, 0.2) is 30.7 Å². The SMILES string of the molecule is Cc1cnc(C)c(N(C)CCc2ccncc2)n1. The van der Waals surface area contributed by atoms with Gasteiger partial charge in [-0.2, -0.15) is 0 Å². The van der Waals surface area contributed by atoms with E-state index in [4.69, 9.17) is 0 Å². The molecule has 0 saturated carbocycles. The molecule has 0 aromatic carbocycles. The van der Waals surface area contributed by atoms with Crippen molar-refractivity contribution in [2.75, 3.05) is 18.5 Å². The van der Waals surface area contributed by atoms with Crippen molar-refractivity contribution in [1.29, 1.82) is 0 Å². The van der Waals surface area contributed by atoms with Gasteiger partial charge in [-0.15, -0.1) is 0 Å². The molecule has 0 fully saturated rings. The van der Waals surface area contributed by atoms with E-state index >= 15 is 0 Å². The van der Waals surface area contributed by atoms with Crippen LogP contribution in [0.5, 0.6) is 0 Å². The van der Waals surface area contributed by atoms with Gasteiger partial charge in [-0.1, -0.05) is 0 Å². The molecule has 0 amide bonds. The van der Waals surface area contributed by atoms with Crippen LogP contribution in [0.4, 0.5) is 5.82 Å². The second-order valence-electron chi connectivity index (χ2n) is 4.45. The van der Waals surface area contributed by atoms with Gasteiger partial charge in [0.2, 0.25) is 0 Å². The highest BCUT2D eigenvalue weighted by Gasteiger charge is 2.07. The van der Waals surface area contributed by atoms with Crippen molar-refractivity contribution in [3.63, 3.8) is 0 Å². The average molecular weight is 242 g/mol. The number of nitrogens with zero attached hydrogens (tertiary/aromatic N) is 4. The Kier molecular flexibility index (Phi) is 3.87. The number of hydrogen-bond donors (Lipinski definition) is 0. The van der Waals surface area contributed by atoms with Crippen LogP contribution in [0, 0.1) is 13.8 Å². The molecule has 0 spiro atoms. The molecule has 2 aromatic heterocycles. The van der Waals surface area contributed by atoms with Crippen LogP contribution in [0.1, 0.15) is 17.0 Å². The number of likely N-dealkylation sites (N-methyl/N-ethyl adjacent to an activating group) is 1. The normalized spacial score (nSPS) is 10.4. The predicted octanol–water partition coefficient (Wildman–Crippen LogP) is 2.17. The van der Waals surface area contributed by atoms with Crippen LogP contribution in [0.25, 0.3) is 0 Å². The number of aryl methyl sites for hydroxylation is 2. The molecule has 0 aliphatic rings. The first-order valence-electron chi connectivity index (χ1n) is 6.07. The molecule has 0 N–H and O–H groups in total. The monoisotopic (exact) mass is 242 g/mol. The summed E-state index contributed by atoms with van der Waals surface area (Å²) in [5.41, 5.74) is 3.21. The molecule has 4 nitrogen and oxygen atoms in total. The van der Waals surface area contributed by atoms with Gasteiger partial charge in [0, 0.05) is 32.2 Å². The number of rotatable bonds is 4. The zero-order chi connectivity index (χ0) is 13.0. The van der Waals surface area contributed by atoms with E-state index in [1.807, 2.05) is 38.4 Å². The summed E-state index contributed by atoms with van der Waals surface area (Å²) in [5, 5.41) is 0. The second kappa shape index (κ2) is 5.58. The summed E-state index contributed by atoms with van der Waals surface area (Å²) >= 11 is 0. The molecular weight excluding hydrogens is 224 g/mol. The zero-order valence-corrected chi connectivity index (χ0v) is 11.1. The number of hydrogen-bond acceptors (Lipinski definition) is 4. The minimum atomic E-state index is 0.920. The Morgan fingerprint density at radius 2 is 1.89 bits per heavy atom. The highest BCUT2D eigenvalue weighted by atomic mass is 15.2. The largest absolute Gasteiger partial charge is 0.358 e. The molecule has 0 bridgehead atoms. The van der Waals surface area contributed by atoms with Gasteiger partial charge in [0.25, 0.3) is 0 Å². The topological polar surface area (TPSA) is 41.9 Å². The van der Waals surface area contributed by atoms with Gasteiger partial charge in [-0.25, -0.2) is 4.98 Å². The minimum absolute atomic E-state index is 0.920. The third-order valence-electron chi connectivity index (χ3n) is 2.90. The van der Waals surface area contributed by atoms with Gasteiger partial charge in [0.15, 0.2) is 0 Å². The van der Waals surface area contributed by atoms with E-state index in [-0.39, 0.29) is 0 Å². The Morgan fingerprint density at radius 3 is 2.61 bits per heavy atom. The molecule has 0 atom stereocenters. The van der Waals surface area contributed by atoms with Crippen LogP contribution in [-0.2, 0) is 6.42 Å². The smallest absolute Gasteiger partial charge is 0.150 e. The van der Waals surface area contributed by atoms with Crippen molar-refractivity contribution in [2.45, 2.75) is 20.3 Å². The molecule has 2 heterocycles. The van der Waals surface area contributed by atoms with E-state index in [1.165, 1.54) is 5.56 Å². The van der Waals surface area contributed by atoms with Crippen LogP contribution in [-0.4, -0.2) is 28.5 Å². The summed E-state index contributed by atoms with van der Waals surface area (Å²) in [4.78, 5) is 15.0. The van der Waals surface area contributed by atoms with Crippen molar-refractivity contribution in [2.24, 2.45) is 0 Å². The number of pyridine rings is 1. The van der Waals surface area contributed by atoms with Crippen molar-refractivity contribution in [3.8, 4) is 0 Å². The summed E-state index contributed by atoms with van der Waals surface area (Å²) in [7, 11) is 2.05. The molecule has 18 heavy (non-hydrogen) atoms. The fourth-order valence-electron chi connectivity index (χ4n) is 1.84. The first-order chi connectivity index (χ1) is 8.66. The van der Waals surface area contributed by atoms with Crippen molar-refractivity contribution < 1.29 is 0 Å². The van der Waals surface area contributed by atoms with E-state index < -0.39 is 0 Å². The van der Waals surface area contributed by atoms with Crippen molar-refractivity contribution in [3.05, 3.63) is 47.7 Å². The second-order valence-corrected chi connectivity index (χ2v) is 4.45. The lowest BCUT2D eigenvalue weighted by atomic mass is 10.2. The number of aromatic nitrogens is 3. The quantitative estimate of drug-likeness (QED) is 0.824. The van der Waals surface area contributed by atoms with E-state index in [0.717, 1.165) is 30.2 Å².